The fourth-order valence-corrected chi connectivity index (χ4v) is 1.43. The normalized spacial score (nSPS) is 12.7. The molecule has 88 valence electrons. The molecule has 0 radical (unpaired) electrons. The highest BCUT2D eigenvalue weighted by Crippen LogP contribution is 2.18. The molecule has 1 atom stereocenters. The van der Waals surface area contributed by atoms with Gasteiger partial charge in [-0.3, -0.25) is 9.69 Å². The van der Waals surface area contributed by atoms with Gasteiger partial charge in [-0.2, -0.15) is 0 Å². The second-order valence-corrected chi connectivity index (χ2v) is 3.70. The van der Waals surface area contributed by atoms with Crippen molar-refractivity contribution < 1.29 is 20.1 Å². The molecule has 0 fully saturated rings. The summed E-state index contributed by atoms with van der Waals surface area (Å²) in [5, 5.41) is 27.6. The largest absolute Gasteiger partial charge is 0.508 e. The molecule has 0 aliphatic heterocycles. The Morgan fingerprint density at radius 2 is 2.19 bits per heavy atom. The Kier molecular flexibility index (Phi) is 4.28. The number of carbonyl (C=O) groups is 1. The molecule has 0 saturated heterocycles. The molecular formula is C11H15NO4. The van der Waals surface area contributed by atoms with E-state index in [4.69, 9.17) is 5.11 Å². The first-order valence-corrected chi connectivity index (χ1v) is 4.86. The van der Waals surface area contributed by atoms with Crippen LogP contribution in [0, 0.1) is 0 Å². The highest BCUT2D eigenvalue weighted by Gasteiger charge is 2.12. The van der Waals surface area contributed by atoms with Gasteiger partial charge in [-0.05, 0) is 24.7 Å². The zero-order valence-electron chi connectivity index (χ0n) is 9.00. The lowest BCUT2D eigenvalue weighted by molar-refractivity contribution is -0.138. The molecule has 0 aliphatic rings. The van der Waals surface area contributed by atoms with Crippen LogP contribution >= 0.6 is 0 Å². The van der Waals surface area contributed by atoms with Crippen molar-refractivity contribution >= 4 is 5.97 Å². The SMILES string of the molecule is CN(CC(=O)O)C[C@H](O)c1cccc(O)c1. The van der Waals surface area contributed by atoms with E-state index in [0.717, 1.165) is 0 Å². The van der Waals surface area contributed by atoms with E-state index in [1.165, 1.54) is 17.0 Å². The molecule has 0 aliphatic carbocycles. The third-order valence-electron chi connectivity index (χ3n) is 2.14. The Balaban J connectivity index is 2.58. The molecule has 1 rings (SSSR count). The van der Waals surface area contributed by atoms with E-state index in [1.54, 1.807) is 19.2 Å². The van der Waals surface area contributed by atoms with Gasteiger partial charge < -0.3 is 15.3 Å². The number of phenols is 1. The fourth-order valence-electron chi connectivity index (χ4n) is 1.43. The second kappa shape index (κ2) is 5.48. The Morgan fingerprint density at radius 3 is 2.75 bits per heavy atom. The molecule has 3 N–H and O–H groups in total. The van der Waals surface area contributed by atoms with Crippen LogP contribution in [0.15, 0.2) is 24.3 Å². The zero-order chi connectivity index (χ0) is 12.1. The lowest BCUT2D eigenvalue weighted by Gasteiger charge is -2.18. The van der Waals surface area contributed by atoms with Crippen LogP contribution in [0.2, 0.25) is 0 Å². The highest BCUT2D eigenvalue weighted by molar-refractivity contribution is 5.69. The van der Waals surface area contributed by atoms with Gasteiger partial charge in [0.05, 0.1) is 12.6 Å². The third-order valence-corrected chi connectivity index (χ3v) is 2.14. The number of likely N-dealkylation sites (N-methyl/N-ethyl adjacent to an activating group) is 1. The highest BCUT2D eigenvalue weighted by atomic mass is 16.4. The van der Waals surface area contributed by atoms with Crippen LogP contribution in [0.3, 0.4) is 0 Å². The van der Waals surface area contributed by atoms with E-state index < -0.39 is 12.1 Å². The molecule has 0 saturated carbocycles. The minimum absolute atomic E-state index is 0.0810. The van der Waals surface area contributed by atoms with Gasteiger partial charge in [0.25, 0.3) is 0 Å². The van der Waals surface area contributed by atoms with E-state index >= 15 is 0 Å². The molecule has 0 aromatic heterocycles. The predicted molar refractivity (Wildman–Crippen MR) is 58.2 cm³/mol. The van der Waals surface area contributed by atoms with Crippen LogP contribution in [0.25, 0.3) is 0 Å². The third kappa shape index (κ3) is 3.88. The van der Waals surface area contributed by atoms with Crippen molar-refractivity contribution in [1.29, 1.82) is 0 Å². The molecule has 0 unspecified atom stereocenters. The van der Waals surface area contributed by atoms with Crippen LogP contribution in [0.4, 0.5) is 0 Å². The second-order valence-electron chi connectivity index (χ2n) is 3.70. The number of aliphatic hydroxyl groups excluding tert-OH is 1. The molecule has 16 heavy (non-hydrogen) atoms. The monoisotopic (exact) mass is 225 g/mol. The maximum Gasteiger partial charge on any atom is 0.317 e. The summed E-state index contributed by atoms with van der Waals surface area (Å²) in [6, 6.07) is 6.28. The van der Waals surface area contributed by atoms with Crippen LogP contribution in [-0.4, -0.2) is 46.3 Å². The van der Waals surface area contributed by atoms with Crippen molar-refractivity contribution in [2.45, 2.75) is 6.10 Å². The molecule has 5 heteroatoms. The molecule has 1 aromatic carbocycles. The predicted octanol–water partition coefficient (Wildman–Crippen LogP) is 0.442. The molecule has 0 amide bonds. The van der Waals surface area contributed by atoms with E-state index in [-0.39, 0.29) is 18.8 Å². The first-order valence-electron chi connectivity index (χ1n) is 4.86. The quantitative estimate of drug-likeness (QED) is 0.677. The van der Waals surface area contributed by atoms with E-state index in [0.29, 0.717) is 5.56 Å². The number of hydrogen-bond donors (Lipinski definition) is 3. The number of hydrogen-bond acceptors (Lipinski definition) is 4. The first kappa shape index (κ1) is 12.5. The Hall–Kier alpha value is -1.59. The standard InChI is InChI=1S/C11H15NO4/c1-12(7-11(15)16)6-10(14)8-3-2-4-9(13)5-8/h2-5,10,13-14H,6-7H2,1H3,(H,15,16)/t10-/m0/s1. The summed E-state index contributed by atoms with van der Waals surface area (Å²) in [6.07, 6.45) is -0.809. The lowest BCUT2D eigenvalue weighted by Crippen LogP contribution is -2.29. The summed E-state index contributed by atoms with van der Waals surface area (Å²) in [5.74, 6) is -0.858. The molecule has 0 spiro atoms. The van der Waals surface area contributed by atoms with Crippen LogP contribution in [0.1, 0.15) is 11.7 Å². The van der Waals surface area contributed by atoms with Crippen LogP contribution < -0.4 is 0 Å². The summed E-state index contributed by atoms with van der Waals surface area (Å²) in [5.41, 5.74) is 0.567. The molecule has 0 bridgehead atoms. The van der Waals surface area contributed by atoms with Gasteiger partial charge in [-0.25, -0.2) is 0 Å². The smallest absolute Gasteiger partial charge is 0.317 e. The van der Waals surface area contributed by atoms with Crippen LogP contribution in [0.5, 0.6) is 5.75 Å². The van der Waals surface area contributed by atoms with Gasteiger partial charge >= 0.3 is 5.97 Å². The van der Waals surface area contributed by atoms with Gasteiger partial charge in [0.2, 0.25) is 0 Å². The maximum atomic E-state index is 10.4. The van der Waals surface area contributed by atoms with Gasteiger partial charge in [0.1, 0.15) is 5.75 Å². The summed E-state index contributed by atoms with van der Waals surface area (Å²) in [4.78, 5) is 11.9. The van der Waals surface area contributed by atoms with Gasteiger partial charge in [0, 0.05) is 6.54 Å². The van der Waals surface area contributed by atoms with Gasteiger partial charge in [0.15, 0.2) is 0 Å². The number of carboxylic acid groups (broad SMARTS) is 1. The average Bonchev–Trinajstić information content (AvgIpc) is 2.16. The topological polar surface area (TPSA) is 81.0 Å². The summed E-state index contributed by atoms with van der Waals surface area (Å²) in [6.45, 7) is 0.0750. The van der Waals surface area contributed by atoms with Gasteiger partial charge in [-0.15, -0.1) is 0 Å². The molecule has 1 aromatic rings. The van der Waals surface area contributed by atoms with E-state index in [1.807, 2.05) is 0 Å². The zero-order valence-corrected chi connectivity index (χ0v) is 9.00. The van der Waals surface area contributed by atoms with Crippen molar-refractivity contribution in [2.24, 2.45) is 0 Å². The van der Waals surface area contributed by atoms with Crippen molar-refractivity contribution in [1.82, 2.24) is 4.90 Å². The number of aliphatic hydroxyl groups is 1. The number of phenolic OH excluding ortho intramolecular Hbond substituents is 1. The minimum atomic E-state index is -0.939. The minimum Gasteiger partial charge on any atom is -0.508 e. The number of aromatic hydroxyl groups is 1. The van der Waals surface area contributed by atoms with Crippen molar-refractivity contribution in [3.8, 4) is 5.75 Å². The summed E-state index contributed by atoms with van der Waals surface area (Å²) >= 11 is 0. The average molecular weight is 225 g/mol. The van der Waals surface area contributed by atoms with Crippen molar-refractivity contribution in [3.63, 3.8) is 0 Å². The lowest BCUT2D eigenvalue weighted by atomic mass is 10.1. The molecule has 0 heterocycles. The van der Waals surface area contributed by atoms with E-state index in [2.05, 4.69) is 0 Å². The van der Waals surface area contributed by atoms with Crippen molar-refractivity contribution in [3.05, 3.63) is 29.8 Å². The van der Waals surface area contributed by atoms with E-state index in [9.17, 15) is 15.0 Å². The maximum absolute atomic E-state index is 10.4. The Bertz CT molecular complexity index is 367. The fraction of sp³-hybridized carbons (Fsp3) is 0.364. The molecule has 5 nitrogen and oxygen atoms in total. The number of aliphatic carboxylic acids is 1. The molecular weight excluding hydrogens is 210 g/mol. The van der Waals surface area contributed by atoms with Crippen molar-refractivity contribution in [2.75, 3.05) is 20.1 Å². The number of rotatable bonds is 5. The Morgan fingerprint density at radius 1 is 1.50 bits per heavy atom. The number of carboxylic acids is 1. The summed E-state index contributed by atoms with van der Waals surface area (Å²) in [7, 11) is 1.61. The Labute approximate surface area is 93.6 Å². The van der Waals surface area contributed by atoms with Gasteiger partial charge in [-0.1, -0.05) is 12.1 Å². The van der Waals surface area contributed by atoms with Crippen LogP contribution in [-0.2, 0) is 4.79 Å². The number of benzene rings is 1. The first-order chi connectivity index (χ1) is 7.49. The number of nitrogens with zero attached hydrogens (tertiary/aromatic N) is 1. The summed E-state index contributed by atoms with van der Waals surface area (Å²) < 4.78 is 0.